The minimum absolute atomic E-state index is 0.186. The van der Waals surface area contributed by atoms with Crippen LogP contribution in [0, 0.1) is 11.7 Å². The zero-order chi connectivity index (χ0) is 22.2. The van der Waals surface area contributed by atoms with Crippen LogP contribution in [0.25, 0.3) is 0 Å². The van der Waals surface area contributed by atoms with Crippen LogP contribution in [0.5, 0.6) is 5.75 Å². The smallest absolute Gasteiger partial charge is 0.292 e. The third-order valence-electron chi connectivity index (χ3n) is 6.23. The molecule has 1 fully saturated rings. The van der Waals surface area contributed by atoms with Gasteiger partial charge in [0.25, 0.3) is 5.56 Å². The van der Waals surface area contributed by atoms with Gasteiger partial charge in [-0.2, -0.15) is 0 Å². The second-order valence-corrected chi connectivity index (χ2v) is 10.5. The molecule has 1 aromatic carbocycles. The number of aromatic nitrogens is 1. The molecule has 1 aromatic heterocycles. The summed E-state index contributed by atoms with van der Waals surface area (Å²) in [7, 11) is -1.41. The summed E-state index contributed by atoms with van der Waals surface area (Å²) in [5.41, 5.74) is 2.79. The summed E-state index contributed by atoms with van der Waals surface area (Å²) >= 11 is 0. The van der Waals surface area contributed by atoms with Crippen LogP contribution in [0.1, 0.15) is 29.7 Å². The summed E-state index contributed by atoms with van der Waals surface area (Å²) in [5.74, 6) is 0.311. The number of benzene rings is 1. The molecular weight excluding hydrogens is 421 g/mol. The molecule has 0 aliphatic carbocycles. The van der Waals surface area contributed by atoms with Gasteiger partial charge in [-0.05, 0) is 54.2 Å². The van der Waals surface area contributed by atoms with E-state index in [9.17, 15) is 17.6 Å². The Morgan fingerprint density at radius 3 is 2.52 bits per heavy atom. The molecule has 0 radical (unpaired) electrons. The topological polar surface area (TPSA) is 71.8 Å². The molecule has 2 aromatic rings. The Labute approximate surface area is 182 Å². The highest BCUT2D eigenvalue weighted by molar-refractivity contribution is 7.88. The summed E-state index contributed by atoms with van der Waals surface area (Å²) in [6.07, 6.45) is 2.68. The number of rotatable bonds is 6. The van der Waals surface area contributed by atoms with Gasteiger partial charge < -0.3 is 9.30 Å². The van der Waals surface area contributed by atoms with Crippen LogP contribution in [-0.4, -0.2) is 48.1 Å². The first-order valence-electron chi connectivity index (χ1n) is 10.5. The maximum absolute atomic E-state index is 13.4. The number of hydrogen-bond acceptors (Lipinski definition) is 5. The summed E-state index contributed by atoms with van der Waals surface area (Å²) < 4.78 is 45.6. The van der Waals surface area contributed by atoms with Crippen LogP contribution in [-0.2, 0) is 36.7 Å². The van der Waals surface area contributed by atoms with Crippen LogP contribution in [0.4, 0.5) is 4.39 Å². The van der Waals surface area contributed by atoms with Gasteiger partial charge in [-0.3, -0.25) is 9.69 Å². The van der Waals surface area contributed by atoms with E-state index in [1.165, 1.54) is 16.6 Å². The van der Waals surface area contributed by atoms with Gasteiger partial charge in [0.05, 0.1) is 12.9 Å². The lowest BCUT2D eigenvalue weighted by molar-refractivity contribution is 0.183. The minimum atomic E-state index is -3.15. The van der Waals surface area contributed by atoms with E-state index in [0.29, 0.717) is 38.5 Å². The van der Waals surface area contributed by atoms with Gasteiger partial charge >= 0.3 is 0 Å². The van der Waals surface area contributed by atoms with Crippen LogP contribution in [0.15, 0.2) is 35.1 Å². The average molecular weight is 450 g/mol. The van der Waals surface area contributed by atoms with E-state index in [2.05, 4.69) is 4.90 Å². The second kappa shape index (κ2) is 8.72. The molecule has 168 valence electrons. The molecule has 9 heteroatoms. The Hall–Kier alpha value is -2.23. The number of sulfonamides is 1. The lowest BCUT2D eigenvalue weighted by atomic mass is 9.99. The number of halogens is 1. The zero-order valence-electron chi connectivity index (χ0n) is 17.9. The van der Waals surface area contributed by atoms with Crippen LogP contribution >= 0.6 is 0 Å². The fraction of sp³-hybridized carbons (Fsp3) is 0.500. The van der Waals surface area contributed by atoms with Gasteiger partial charge in [0.2, 0.25) is 10.0 Å². The standard InChI is InChI=1S/C22H28FN3O4S/c1-24-20(14-25-12-17-3-4-19(23)11-18(17)13-25)5-6-21(22(24)27)30-15-16-7-9-26(10-8-16)31(2,28)29/h3-6,11,16H,7-10,12-15H2,1-2H3. The first-order valence-corrected chi connectivity index (χ1v) is 12.3. The van der Waals surface area contributed by atoms with E-state index in [1.807, 2.05) is 12.1 Å². The molecule has 0 saturated carbocycles. The van der Waals surface area contributed by atoms with Crippen LogP contribution in [0.3, 0.4) is 0 Å². The van der Waals surface area contributed by atoms with Crippen molar-refractivity contribution in [3.63, 3.8) is 0 Å². The number of piperidine rings is 1. The minimum Gasteiger partial charge on any atom is -0.488 e. The van der Waals surface area contributed by atoms with E-state index in [4.69, 9.17) is 4.74 Å². The van der Waals surface area contributed by atoms with Gasteiger partial charge in [-0.15, -0.1) is 0 Å². The van der Waals surface area contributed by atoms with Crippen molar-refractivity contribution in [2.45, 2.75) is 32.5 Å². The maximum atomic E-state index is 13.4. The predicted octanol–water partition coefficient (Wildman–Crippen LogP) is 2.09. The molecule has 31 heavy (non-hydrogen) atoms. The lowest BCUT2D eigenvalue weighted by Gasteiger charge is -2.30. The van der Waals surface area contributed by atoms with Gasteiger partial charge in [0.1, 0.15) is 5.82 Å². The fourth-order valence-corrected chi connectivity index (χ4v) is 5.18. The van der Waals surface area contributed by atoms with Crippen LogP contribution in [0.2, 0.25) is 0 Å². The highest BCUT2D eigenvalue weighted by Gasteiger charge is 2.26. The van der Waals surface area contributed by atoms with E-state index < -0.39 is 10.0 Å². The molecule has 0 unspecified atom stereocenters. The van der Waals surface area contributed by atoms with E-state index in [-0.39, 0.29) is 17.3 Å². The van der Waals surface area contributed by atoms with Crippen molar-refractivity contribution in [1.29, 1.82) is 0 Å². The van der Waals surface area contributed by atoms with E-state index in [1.54, 1.807) is 23.7 Å². The summed E-state index contributed by atoms with van der Waals surface area (Å²) in [5, 5.41) is 0. The quantitative estimate of drug-likeness (QED) is 0.675. The Morgan fingerprint density at radius 2 is 1.81 bits per heavy atom. The summed E-state index contributed by atoms with van der Waals surface area (Å²) in [6.45, 7) is 3.36. The average Bonchev–Trinajstić information content (AvgIpc) is 3.12. The monoisotopic (exact) mass is 449 g/mol. The third kappa shape index (κ3) is 4.99. The highest BCUT2D eigenvalue weighted by atomic mass is 32.2. The summed E-state index contributed by atoms with van der Waals surface area (Å²) in [6, 6.07) is 8.49. The number of pyridine rings is 1. The van der Waals surface area contributed by atoms with E-state index >= 15 is 0 Å². The van der Waals surface area contributed by atoms with Crippen molar-refractivity contribution in [3.05, 3.63) is 63.3 Å². The van der Waals surface area contributed by atoms with Crippen molar-refractivity contribution in [2.24, 2.45) is 13.0 Å². The molecule has 3 heterocycles. The van der Waals surface area contributed by atoms with Gasteiger partial charge in [-0.1, -0.05) is 6.07 Å². The first kappa shape index (κ1) is 22.0. The van der Waals surface area contributed by atoms with Crippen LogP contribution < -0.4 is 10.3 Å². The molecule has 0 spiro atoms. The Balaban J connectivity index is 1.34. The third-order valence-corrected chi connectivity index (χ3v) is 7.54. The SMILES string of the molecule is Cn1c(CN2Cc3ccc(F)cc3C2)ccc(OCC2CCN(S(C)(=O)=O)CC2)c1=O. The molecule has 0 amide bonds. The molecular formula is C22H28FN3O4S. The number of fused-ring (bicyclic) bond motifs is 1. The first-order chi connectivity index (χ1) is 14.7. The number of hydrogen-bond donors (Lipinski definition) is 0. The molecule has 2 aliphatic heterocycles. The normalized spacial score (nSPS) is 18.3. The fourth-order valence-electron chi connectivity index (χ4n) is 4.31. The Bertz CT molecular complexity index is 1120. The zero-order valence-corrected chi connectivity index (χ0v) is 18.7. The lowest BCUT2D eigenvalue weighted by Crippen LogP contribution is -2.39. The maximum Gasteiger partial charge on any atom is 0.292 e. The molecule has 1 saturated heterocycles. The largest absolute Gasteiger partial charge is 0.488 e. The van der Waals surface area contributed by atoms with Crippen molar-refractivity contribution in [1.82, 2.24) is 13.8 Å². The predicted molar refractivity (Wildman–Crippen MR) is 116 cm³/mol. The number of nitrogens with zero attached hydrogens (tertiary/aromatic N) is 3. The van der Waals surface area contributed by atoms with Crippen molar-refractivity contribution >= 4 is 10.0 Å². The second-order valence-electron chi connectivity index (χ2n) is 8.53. The molecule has 0 N–H and O–H groups in total. The molecule has 4 rings (SSSR count). The van der Waals surface area contributed by atoms with Gasteiger partial charge in [0, 0.05) is 45.5 Å². The summed E-state index contributed by atoms with van der Waals surface area (Å²) in [4.78, 5) is 14.9. The Kier molecular flexibility index (Phi) is 6.18. The molecule has 0 atom stereocenters. The van der Waals surface area contributed by atoms with Crippen molar-refractivity contribution in [3.8, 4) is 5.75 Å². The highest BCUT2D eigenvalue weighted by Crippen LogP contribution is 2.25. The van der Waals surface area contributed by atoms with Gasteiger partial charge in [-0.25, -0.2) is 17.1 Å². The van der Waals surface area contributed by atoms with Crippen molar-refractivity contribution in [2.75, 3.05) is 26.0 Å². The molecule has 2 aliphatic rings. The van der Waals surface area contributed by atoms with Crippen molar-refractivity contribution < 1.29 is 17.5 Å². The number of ether oxygens (including phenoxy) is 1. The molecule has 7 nitrogen and oxygen atoms in total. The van der Waals surface area contributed by atoms with Gasteiger partial charge in [0.15, 0.2) is 5.75 Å². The van der Waals surface area contributed by atoms with E-state index in [0.717, 1.165) is 36.2 Å². The molecule has 0 bridgehead atoms. The Morgan fingerprint density at radius 1 is 1.10 bits per heavy atom.